The quantitative estimate of drug-likeness (QED) is 0.254. The van der Waals surface area contributed by atoms with Crippen LogP contribution in [0.15, 0.2) is 54.6 Å². The molecule has 1 fully saturated rings. The van der Waals surface area contributed by atoms with E-state index in [0.717, 1.165) is 23.3 Å². The van der Waals surface area contributed by atoms with Crippen molar-refractivity contribution in [2.24, 2.45) is 0 Å². The number of para-hydroxylation sites is 1. The first-order chi connectivity index (χ1) is 17.3. The Balaban J connectivity index is 0.000000570. The lowest BCUT2D eigenvalue weighted by Crippen LogP contribution is -2.34. The summed E-state index contributed by atoms with van der Waals surface area (Å²) in [6.45, 7) is 7.55. The molecule has 1 aliphatic heterocycles. The second kappa shape index (κ2) is 14.8. The van der Waals surface area contributed by atoms with Crippen LogP contribution < -0.4 is 9.61 Å². The molecule has 2 heterocycles. The number of carboxylic acid groups (broad SMARTS) is 1. The van der Waals surface area contributed by atoms with Gasteiger partial charge >= 0.3 is 19.5 Å². The van der Waals surface area contributed by atoms with Gasteiger partial charge in [0.15, 0.2) is 0 Å². The van der Waals surface area contributed by atoms with Crippen LogP contribution in [0.4, 0.5) is 0 Å². The van der Waals surface area contributed by atoms with Gasteiger partial charge in [0.2, 0.25) is 0 Å². The molecular weight excluding hydrogens is 501 g/mol. The minimum absolute atomic E-state index is 0.0113. The second-order valence-electron chi connectivity index (χ2n) is 7.72. The molecular formula is C26H34NO7PS. The predicted octanol–water partition coefficient (Wildman–Crippen LogP) is 6.35. The molecule has 0 bridgehead atoms. The molecule has 2 atom stereocenters. The number of nitrogens with one attached hydrogen (secondary N) is 1. The summed E-state index contributed by atoms with van der Waals surface area (Å²) < 4.78 is 29.8. The molecule has 0 amide bonds. The Morgan fingerprint density at radius 3 is 2.33 bits per heavy atom. The minimum atomic E-state index is -3.54. The lowest BCUT2D eigenvalue weighted by atomic mass is 10.2. The molecule has 10 heteroatoms. The van der Waals surface area contributed by atoms with E-state index < -0.39 is 25.5 Å². The van der Waals surface area contributed by atoms with Crippen molar-refractivity contribution in [3.8, 4) is 5.75 Å². The zero-order valence-electron chi connectivity index (χ0n) is 21.1. The minimum Gasteiger partial charge on any atom is -0.477 e. The number of carboxylic acids is 1. The number of carbonyl (C=O) groups excluding carboxylic acids is 1. The fraction of sp³-hybridized carbons (Fsp3) is 0.385. The first-order valence-corrected chi connectivity index (χ1v) is 14.4. The first kappa shape index (κ1) is 29.5. The molecule has 1 saturated heterocycles. The van der Waals surface area contributed by atoms with Crippen LogP contribution in [0.3, 0.4) is 0 Å². The summed E-state index contributed by atoms with van der Waals surface area (Å²) in [6.07, 6.45) is 2.57. The normalized spacial score (nSPS) is 14.9. The number of hydrogen-bond acceptors (Lipinski definition) is 7. The number of ether oxygens (including phenoxy) is 2. The van der Waals surface area contributed by atoms with E-state index >= 15 is 0 Å². The number of esters is 1. The molecule has 196 valence electrons. The standard InChI is InChI=1S/C20H20NO6PS.C4H8O.C2H6/c1-13(20(24)26-2)21-28(25,27-16-6-4-3-5-7-16)12-14-8-9-17-15(10-14)11-18(29-17)19(22)23;1-2-4-5-3-1;1-2/h3-11,13H,12H2,1-2H3,(H,21,25)(H,22,23);1-4H2;1-2H3. The summed E-state index contributed by atoms with van der Waals surface area (Å²) in [6, 6.07) is 14.8. The highest BCUT2D eigenvalue weighted by atomic mass is 32.1. The van der Waals surface area contributed by atoms with Gasteiger partial charge in [-0.3, -0.25) is 9.36 Å². The van der Waals surface area contributed by atoms with Crippen LogP contribution in [0.2, 0.25) is 0 Å². The van der Waals surface area contributed by atoms with E-state index in [1.165, 1.54) is 31.3 Å². The lowest BCUT2D eigenvalue weighted by Gasteiger charge is -2.23. The van der Waals surface area contributed by atoms with E-state index in [1.54, 1.807) is 55.5 Å². The van der Waals surface area contributed by atoms with Gasteiger partial charge in [-0.1, -0.05) is 38.1 Å². The van der Waals surface area contributed by atoms with E-state index in [9.17, 15) is 19.3 Å². The van der Waals surface area contributed by atoms with Gasteiger partial charge in [-0.15, -0.1) is 11.3 Å². The Bertz CT molecular complexity index is 1150. The Labute approximate surface area is 216 Å². The highest BCUT2D eigenvalue weighted by Crippen LogP contribution is 2.47. The third kappa shape index (κ3) is 9.06. The average Bonchev–Trinajstić information content (AvgIpc) is 3.58. The molecule has 0 spiro atoms. The van der Waals surface area contributed by atoms with E-state index in [2.05, 4.69) is 5.09 Å². The third-order valence-electron chi connectivity index (χ3n) is 4.95. The Morgan fingerprint density at radius 1 is 1.11 bits per heavy atom. The molecule has 0 radical (unpaired) electrons. The number of hydrogen-bond donors (Lipinski definition) is 2. The van der Waals surface area contributed by atoms with Crippen LogP contribution in [-0.2, 0) is 25.0 Å². The van der Waals surface area contributed by atoms with Crippen molar-refractivity contribution in [2.45, 2.75) is 45.8 Å². The Kier molecular flexibility index (Phi) is 12.1. The largest absolute Gasteiger partial charge is 0.477 e. The molecule has 3 aromatic rings. The van der Waals surface area contributed by atoms with E-state index in [0.29, 0.717) is 11.3 Å². The van der Waals surface area contributed by atoms with Gasteiger partial charge in [-0.2, -0.15) is 0 Å². The van der Waals surface area contributed by atoms with Crippen molar-refractivity contribution < 1.29 is 33.3 Å². The molecule has 2 unspecified atom stereocenters. The first-order valence-electron chi connectivity index (χ1n) is 11.8. The predicted molar refractivity (Wildman–Crippen MR) is 143 cm³/mol. The van der Waals surface area contributed by atoms with Crippen molar-refractivity contribution in [1.82, 2.24) is 5.09 Å². The van der Waals surface area contributed by atoms with Crippen LogP contribution >= 0.6 is 18.9 Å². The highest BCUT2D eigenvalue weighted by molar-refractivity contribution is 7.56. The maximum Gasteiger partial charge on any atom is 0.345 e. The Morgan fingerprint density at radius 2 is 1.78 bits per heavy atom. The molecule has 36 heavy (non-hydrogen) atoms. The van der Waals surface area contributed by atoms with E-state index in [4.69, 9.17) is 14.0 Å². The average molecular weight is 536 g/mol. The molecule has 2 aromatic carbocycles. The van der Waals surface area contributed by atoms with Crippen molar-refractivity contribution in [1.29, 1.82) is 0 Å². The topological polar surface area (TPSA) is 111 Å². The SMILES string of the molecule is C1CCOC1.CC.COC(=O)C(C)NP(=O)(Cc1ccc2sc(C(=O)O)cc2c1)Oc1ccccc1. The fourth-order valence-corrected chi connectivity index (χ4v) is 6.25. The molecule has 2 N–H and O–H groups in total. The van der Waals surface area contributed by atoms with Crippen LogP contribution in [-0.4, -0.2) is 43.4 Å². The van der Waals surface area contributed by atoms with Gasteiger partial charge in [0, 0.05) is 17.9 Å². The number of benzene rings is 2. The van der Waals surface area contributed by atoms with Gasteiger partial charge < -0.3 is 19.1 Å². The van der Waals surface area contributed by atoms with Gasteiger partial charge in [-0.25, -0.2) is 9.88 Å². The van der Waals surface area contributed by atoms with Gasteiger partial charge in [-0.05, 0) is 61.0 Å². The van der Waals surface area contributed by atoms with E-state index in [-0.39, 0.29) is 11.0 Å². The summed E-state index contributed by atoms with van der Waals surface area (Å²) in [4.78, 5) is 23.2. The highest BCUT2D eigenvalue weighted by Gasteiger charge is 2.30. The Hall–Kier alpha value is -2.71. The zero-order chi connectivity index (χ0) is 26.6. The van der Waals surface area contributed by atoms with Crippen LogP contribution in [0, 0.1) is 0 Å². The monoisotopic (exact) mass is 535 g/mol. The molecule has 0 aliphatic carbocycles. The maximum atomic E-state index is 13.6. The summed E-state index contributed by atoms with van der Waals surface area (Å²) in [5.41, 5.74) is 0.691. The number of aromatic carboxylic acids is 1. The van der Waals surface area contributed by atoms with Crippen molar-refractivity contribution in [3.05, 3.63) is 65.0 Å². The summed E-state index contributed by atoms with van der Waals surface area (Å²) >= 11 is 1.18. The maximum absolute atomic E-state index is 13.6. The summed E-state index contributed by atoms with van der Waals surface area (Å²) in [5.74, 6) is -1.13. The van der Waals surface area contributed by atoms with Crippen LogP contribution in [0.5, 0.6) is 5.75 Å². The number of methoxy groups -OCH3 is 1. The van der Waals surface area contributed by atoms with Crippen molar-refractivity contribution >= 4 is 40.9 Å². The van der Waals surface area contributed by atoms with E-state index in [1.807, 2.05) is 19.9 Å². The number of thiophene rings is 1. The smallest absolute Gasteiger partial charge is 0.345 e. The van der Waals surface area contributed by atoms with Crippen LogP contribution in [0.25, 0.3) is 10.1 Å². The molecule has 0 saturated carbocycles. The molecule has 1 aliphatic rings. The number of carbonyl (C=O) groups is 2. The summed E-state index contributed by atoms with van der Waals surface area (Å²) in [7, 11) is -2.28. The lowest BCUT2D eigenvalue weighted by molar-refractivity contribution is -0.142. The van der Waals surface area contributed by atoms with Crippen molar-refractivity contribution in [3.63, 3.8) is 0 Å². The van der Waals surface area contributed by atoms with Gasteiger partial charge in [0.1, 0.15) is 16.7 Å². The number of rotatable bonds is 8. The van der Waals surface area contributed by atoms with Crippen LogP contribution in [0.1, 0.15) is 48.8 Å². The fourth-order valence-electron chi connectivity index (χ4n) is 3.33. The number of fused-ring (bicyclic) bond motifs is 1. The molecule has 8 nitrogen and oxygen atoms in total. The zero-order valence-corrected chi connectivity index (χ0v) is 22.8. The van der Waals surface area contributed by atoms with Gasteiger partial charge in [0.25, 0.3) is 0 Å². The molecule has 4 rings (SSSR count). The summed E-state index contributed by atoms with van der Waals surface area (Å²) in [5, 5.41) is 12.7. The molecule has 1 aromatic heterocycles. The van der Waals surface area contributed by atoms with Crippen molar-refractivity contribution in [2.75, 3.05) is 20.3 Å². The second-order valence-corrected chi connectivity index (χ2v) is 10.9. The third-order valence-corrected chi connectivity index (χ3v) is 8.12. The van der Waals surface area contributed by atoms with Gasteiger partial charge in [0.05, 0.1) is 13.3 Å².